The second kappa shape index (κ2) is 5.07. The molecule has 0 atom stereocenters. The zero-order valence-electron chi connectivity index (χ0n) is 8.66. The summed E-state index contributed by atoms with van der Waals surface area (Å²) in [6.07, 6.45) is 3.80. The number of nitro benzene ring substituents is 1. The molecule has 0 aliphatic rings. The summed E-state index contributed by atoms with van der Waals surface area (Å²) >= 11 is 3.27. The molecule has 80 valence electrons. The van der Waals surface area contributed by atoms with Crippen LogP contribution < -0.4 is 0 Å². The minimum Gasteiger partial charge on any atom is -0.258 e. The van der Waals surface area contributed by atoms with Crippen LogP contribution in [0.3, 0.4) is 0 Å². The van der Waals surface area contributed by atoms with Gasteiger partial charge in [0.25, 0.3) is 5.69 Å². The van der Waals surface area contributed by atoms with Gasteiger partial charge in [-0.15, -0.1) is 0 Å². The van der Waals surface area contributed by atoms with Crippen molar-refractivity contribution in [2.75, 3.05) is 5.33 Å². The van der Waals surface area contributed by atoms with Gasteiger partial charge in [-0.25, -0.2) is 0 Å². The quantitative estimate of drug-likeness (QED) is 0.478. The molecule has 0 saturated heterocycles. The lowest BCUT2D eigenvalue weighted by molar-refractivity contribution is -0.385. The molecule has 3 nitrogen and oxygen atoms in total. The third-order valence-electron chi connectivity index (χ3n) is 2.17. The van der Waals surface area contributed by atoms with E-state index in [9.17, 15) is 10.1 Å². The number of nitrogens with zero attached hydrogens (tertiary/aromatic N) is 1. The van der Waals surface area contributed by atoms with E-state index in [-0.39, 0.29) is 10.6 Å². The van der Waals surface area contributed by atoms with Crippen LogP contribution in [-0.4, -0.2) is 10.3 Å². The van der Waals surface area contributed by atoms with Crippen LogP contribution in [0.15, 0.2) is 18.2 Å². The first-order valence-electron chi connectivity index (χ1n) is 4.54. The Morgan fingerprint density at radius 2 is 2.07 bits per heavy atom. The number of halogens is 1. The van der Waals surface area contributed by atoms with Gasteiger partial charge in [0.05, 0.1) is 4.92 Å². The number of allylic oxidation sites excluding steroid dienone is 1. The third-order valence-corrected chi connectivity index (χ3v) is 2.54. The molecule has 0 fully saturated rings. The van der Waals surface area contributed by atoms with E-state index in [2.05, 4.69) is 15.9 Å². The van der Waals surface area contributed by atoms with E-state index < -0.39 is 0 Å². The molecule has 0 unspecified atom stereocenters. The van der Waals surface area contributed by atoms with Crippen LogP contribution in [0.1, 0.15) is 16.7 Å². The van der Waals surface area contributed by atoms with E-state index in [1.165, 1.54) is 0 Å². The fourth-order valence-electron chi connectivity index (χ4n) is 1.40. The number of hydrogen-bond acceptors (Lipinski definition) is 2. The lowest BCUT2D eigenvalue weighted by Gasteiger charge is -2.03. The predicted molar refractivity (Wildman–Crippen MR) is 65.4 cm³/mol. The summed E-state index contributed by atoms with van der Waals surface area (Å²) in [5.74, 6) is 0. The number of hydrogen-bond donors (Lipinski definition) is 0. The van der Waals surface area contributed by atoms with Gasteiger partial charge in [-0.05, 0) is 31.0 Å². The fraction of sp³-hybridized carbons (Fsp3) is 0.273. The smallest absolute Gasteiger partial charge is 0.258 e. The Kier molecular flexibility index (Phi) is 4.03. The summed E-state index contributed by atoms with van der Waals surface area (Å²) in [5.41, 5.74) is 2.82. The molecule has 15 heavy (non-hydrogen) atoms. The molecule has 0 aliphatic carbocycles. The van der Waals surface area contributed by atoms with Gasteiger partial charge in [0.2, 0.25) is 0 Å². The van der Waals surface area contributed by atoms with Gasteiger partial charge < -0.3 is 0 Å². The summed E-state index contributed by atoms with van der Waals surface area (Å²) in [5, 5.41) is 11.5. The normalized spacial score (nSPS) is 10.9. The molecule has 0 bridgehead atoms. The van der Waals surface area contributed by atoms with Gasteiger partial charge in [0, 0.05) is 17.0 Å². The Morgan fingerprint density at radius 3 is 2.60 bits per heavy atom. The third kappa shape index (κ3) is 2.89. The van der Waals surface area contributed by atoms with Crippen molar-refractivity contribution in [2.24, 2.45) is 0 Å². The van der Waals surface area contributed by atoms with E-state index >= 15 is 0 Å². The molecule has 0 saturated carbocycles. The molecule has 0 amide bonds. The van der Waals surface area contributed by atoms with Crippen molar-refractivity contribution in [1.82, 2.24) is 0 Å². The van der Waals surface area contributed by atoms with E-state index in [1.807, 2.05) is 25.1 Å². The Morgan fingerprint density at radius 1 is 1.40 bits per heavy atom. The van der Waals surface area contributed by atoms with E-state index in [4.69, 9.17) is 0 Å². The lowest BCUT2D eigenvalue weighted by atomic mass is 10.0. The second-order valence-corrected chi connectivity index (χ2v) is 3.96. The van der Waals surface area contributed by atoms with Crippen molar-refractivity contribution in [1.29, 1.82) is 0 Å². The maximum Gasteiger partial charge on any atom is 0.272 e. The molecular weight excluding hydrogens is 258 g/mol. The Hall–Kier alpha value is -1.16. The minimum absolute atomic E-state index is 0.176. The summed E-state index contributed by atoms with van der Waals surface area (Å²) in [6.45, 7) is 3.70. The van der Waals surface area contributed by atoms with Crippen LogP contribution in [0.2, 0.25) is 0 Å². The first-order chi connectivity index (χ1) is 7.06. The average Bonchev–Trinajstić information content (AvgIpc) is 2.16. The number of alkyl halides is 1. The molecule has 1 aromatic carbocycles. The highest BCUT2D eigenvalue weighted by molar-refractivity contribution is 9.09. The van der Waals surface area contributed by atoms with Crippen LogP contribution in [0.4, 0.5) is 5.69 Å². The second-order valence-electron chi connectivity index (χ2n) is 3.31. The minimum atomic E-state index is -0.347. The highest BCUT2D eigenvalue weighted by Crippen LogP contribution is 2.23. The molecule has 0 spiro atoms. The van der Waals surface area contributed by atoms with Crippen molar-refractivity contribution in [3.05, 3.63) is 45.0 Å². The SMILES string of the molecule is Cc1cc(C)c([N+](=O)[O-])cc1C=CCBr. The standard InChI is InChI=1S/C11H12BrNO2/c1-8-6-9(2)11(13(14)15)7-10(8)4-3-5-12/h3-4,6-7H,5H2,1-2H3. The predicted octanol–water partition coefficient (Wildman–Crippen LogP) is 3.62. The number of benzene rings is 1. The van der Waals surface area contributed by atoms with Gasteiger partial charge in [-0.2, -0.15) is 0 Å². The molecule has 0 radical (unpaired) electrons. The lowest BCUT2D eigenvalue weighted by Crippen LogP contribution is -1.94. The number of aryl methyl sites for hydroxylation is 2. The molecule has 0 aromatic heterocycles. The first kappa shape index (κ1) is 11.9. The summed E-state index contributed by atoms with van der Waals surface area (Å²) in [4.78, 5) is 10.4. The average molecular weight is 270 g/mol. The topological polar surface area (TPSA) is 43.1 Å². The van der Waals surface area contributed by atoms with E-state index in [1.54, 1.807) is 13.0 Å². The number of rotatable bonds is 3. The zero-order chi connectivity index (χ0) is 11.4. The van der Waals surface area contributed by atoms with Crippen molar-refractivity contribution in [3.63, 3.8) is 0 Å². The van der Waals surface area contributed by atoms with Crippen LogP contribution in [0.5, 0.6) is 0 Å². The maximum absolute atomic E-state index is 10.7. The van der Waals surface area contributed by atoms with Crippen LogP contribution in [0.25, 0.3) is 6.08 Å². The highest BCUT2D eigenvalue weighted by Gasteiger charge is 2.11. The van der Waals surface area contributed by atoms with Crippen molar-refractivity contribution < 1.29 is 4.92 Å². The van der Waals surface area contributed by atoms with Gasteiger partial charge in [0.1, 0.15) is 0 Å². The van der Waals surface area contributed by atoms with Crippen molar-refractivity contribution >= 4 is 27.7 Å². The zero-order valence-corrected chi connectivity index (χ0v) is 10.2. The number of nitro groups is 1. The molecule has 4 heteroatoms. The summed E-state index contributed by atoms with van der Waals surface area (Å²) < 4.78 is 0. The Balaban J connectivity index is 3.23. The van der Waals surface area contributed by atoms with Crippen LogP contribution in [-0.2, 0) is 0 Å². The van der Waals surface area contributed by atoms with Crippen LogP contribution in [0, 0.1) is 24.0 Å². The highest BCUT2D eigenvalue weighted by atomic mass is 79.9. The largest absolute Gasteiger partial charge is 0.272 e. The molecule has 0 N–H and O–H groups in total. The van der Waals surface area contributed by atoms with Gasteiger partial charge in [-0.3, -0.25) is 10.1 Å². The van der Waals surface area contributed by atoms with Gasteiger partial charge >= 0.3 is 0 Å². The van der Waals surface area contributed by atoms with Crippen LogP contribution >= 0.6 is 15.9 Å². The Labute approximate surface area is 97.1 Å². The Bertz CT molecular complexity index is 413. The van der Waals surface area contributed by atoms with Gasteiger partial charge in [0.15, 0.2) is 0 Å². The van der Waals surface area contributed by atoms with Crippen molar-refractivity contribution in [3.8, 4) is 0 Å². The molecule has 1 rings (SSSR count). The fourth-order valence-corrected chi connectivity index (χ4v) is 1.59. The van der Waals surface area contributed by atoms with E-state index in [0.29, 0.717) is 5.56 Å². The van der Waals surface area contributed by atoms with Crippen molar-refractivity contribution in [2.45, 2.75) is 13.8 Å². The molecule has 0 aliphatic heterocycles. The first-order valence-corrected chi connectivity index (χ1v) is 5.66. The molecular formula is C11H12BrNO2. The van der Waals surface area contributed by atoms with Gasteiger partial charge in [-0.1, -0.05) is 28.1 Å². The summed E-state index contributed by atoms with van der Waals surface area (Å²) in [7, 11) is 0. The van der Waals surface area contributed by atoms with E-state index in [0.717, 1.165) is 16.5 Å². The summed E-state index contributed by atoms with van der Waals surface area (Å²) in [6, 6.07) is 3.45. The molecule has 1 aromatic rings. The maximum atomic E-state index is 10.7. The monoisotopic (exact) mass is 269 g/mol. The molecule has 0 heterocycles.